The minimum atomic E-state index is 0.223. The molecule has 2 N–H and O–H groups in total. The van der Waals surface area contributed by atoms with Gasteiger partial charge >= 0.3 is 0 Å². The van der Waals surface area contributed by atoms with Crippen molar-refractivity contribution in [3.05, 3.63) is 58.1 Å². The fraction of sp³-hybridized carbons (Fsp3) is 0.294. The first-order valence-electron chi connectivity index (χ1n) is 6.87. The molecule has 0 fully saturated rings. The van der Waals surface area contributed by atoms with E-state index in [1.807, 2.05) is 11.8 Å². The molecule has 0 saturated carbocycles. The molecule has 106 valence electrons. The summed E-state index contributed by atoms with van der Waals surface area (Å²) in [4.78, 5) is 2.57. The highest BCUT2D eigenvalue weighted by Gasteiger charge is 2.09. The summed E-state index contributed by atoms with van der Waals surface area (Å²) in [7, 11) is 0. The van der Waals surface area contributed by atoms with E-state index in [0.29, 0.717) is 0 Å². The van der Waals surface area contributed by atoms with E-state index in [4.69, 9.17) is 5.73 Å². The predicted octanol–water partition coefficient (Wildman–Crippen LogP) is 5.19. The number of aryl methyl sites for hydroxylation is 1. The summed E-state index contributed by atoms with van der Waals surface area (Å²) >= 11 is 5.37. The van der Waals surface area contributed by atoms with Gasteiger partial charge in [-0.1, -0.05) is 52.3 Å². The Hall–Kier alpha value is -0.770. The molecular weight excluding hydrogens is 330 g/mol. The van der Waals surface area contributed by atoms with Crippen molar-refractivity contribution in [2.75, 3.05) is 0 Å². The summed E-state index contributed by atoms with van der Waals surface area (Å²) in [6.07, 6.45) is 1.92. The van der Waals surface area contributed by atoms with Crippen LogP contribution in [0, 0.1) is 6.92 Å². The normalized spacial score (nSPS) is 12.4. The maximum Gasteiger partial charge on any atom is 0.0178 e. The summed E-state index contributed by atoms with van der Waals surface area (Å²) in [5, 5.41) is 0. The summed E-state index contributed by atoms with van der Waals surface area (Å²) in [5.41, 5.74) is 8.73. The zero-order chi connectivity index (χ0) is 14.5. The molecule has 0 bridgehead atoms. The summed E-state index contributed by atoms with van der Waals surface area (Å²) in [6.45, 7) is 4.26. The van der Waals surface area contributed by atoms with Gasteiger partial charge in [0.15, 0.2) is 0 Å². The van der Waals surface area contributed by atoms with Gasteiger partial charge in [0.1, 0.15) is 0 Å². The molecule has 0 aromatic heterocycles. The first kappa shape index (κ1) is 15.6. The van der Waals surface area contributed by atoms with Crippen LogP contribution in [0.2, 0.25) is 0 Å². The monoisotopic (exact) mass is 349 g/mol. The van der Waals surface area contributed by atoms with E-state index in [-0.39, 0.29) is 6.04 Å². The third-order valence-corrected chi connectivity index (χ3v) is 4.85. The smallest absolute Gasteiger partial charge is 0.0178 e. The van der Waals surface area contributed by atoms with Crippen molar-refractivity contribution in [3.8, 4) is 0 Å². The van der Waals surface area contributed by atoms with Crippen molar-refractivity contribution < 1.29 is 0 Å². The Morgan fingerprint density at radius 1 is 1.20 bits per heavy atom. The van der Waals surface area contributed by atoms with Gasteiger partial charge in [-0.25, -0.2) is 0 Å². The second-order valence-corrected chi connectivity index (χ2v) is 7.07. The molecule has 1 atom stereocenters. The SMILES string of the molecule is CCC(N)Cc1cc(Br)ccc1Sc1cccc(C)c1. The Balaban J connectivity index is 2.26. The van der Waals surface area contributed by atoms with Crippen LogP contribution >= 0.6 is 27.7 Å². The molecule has 0 heterocycles. The zero-order valence-corrected chi connectivity index (χ0v) is 14.3. The molecule has 0 aliphatic rings. The predicted molar refractivity (Wildman–Crippen MR) is 91.4 cm³/mol. The van der Waals surface area contributed by atoms with Gasteiger partial charge in [-0.2, -0.15) is 0 Å². The van der Waals surface area contributed by atoms with Crippen LogP contribution < -0.4 is 5.73 Å². The van der Waals surface area contributed by atoms with E-state index in [9.17, 15) is 0 Å². The minimum Gasteiger partial charge on any atom is -0.327 e. The van der Waals surface area contributed by atoms with Crippen molar-refractivity contribution >= 4 is 27.7 Å². The average molecular weight is 350 g/mol. The summed E-state index contributed by atoms with van der Waals surface area (Å²) in [6, 6.07) is 15.3. The van der Waals surface area contributed by atoms with E-state index in [2.05, 4.69) is 72.2 Å². The largest absolute Gasteiger partial charge is 0.327 e. The zero-order valence-electron chi connectivity index (χ0n) is 11.9. The lowest BCUT2D eigenvalue weighted by Crippen LogP contribution is -2.21. The van der Waals surface area contributed by atoms with Gasteiger partial charge in [0.05, 0.1) is 0 Å². The van der Waals surface area contributed by atoms with Crippen LogP contribution in [0.15, 0.2) is 56.7 Å². The molecule has 3 heteroatoms. The molecule has 1 nitrogen and oxygen atoms in total. The number of hydrogen-bond donors (Lipinski definition) is 1. The van der Waals surface area contributed by atoms with Crippen LogP contribution in [-0.4, -0.2) is 6.04 Å². The molecular formula is C17H20BrNS. The second kappa shape index (κ2) is 7.30. The molecule has 0 radical (unpaired) electrons. The van der Waals surface area contributed by atoms with Crippen molar-refractivity contribution in [1.82, 2.24) is 0 Å². The van der Waals surface area contributed by atoms with Gasteiger partial charge in [-0.05, 0) is 55.7 Å². The van der Waals surface area contributed by atoms with Crippen LogP contribution in [0.25, 0.3) is 0 Å². The van der Waals surface area contributed by atoms with Gasteiger partial charge in [0.2, 0.25) is 0 Å². The van der Waals surface area contributed by atoms with Gasteiger partial charge in [0, 0.05) is 20.3 Å². The minimum absolute atomic E-state index is 0.223. The van der Waals surface area contributed by atoms with Crippen molar-refractivity contribution in [3.63, 3.8) is 0 Å². The first-order chi connectivity index (χ1) is 9.58. The molecule has 0 spiro atoms. The molecule has 2 aromatic carbocycles. The van der Waals surface area contributed by atoms with Crippen molar-refractivity contribution in [2.24, 2.45) is 5.73 Å². The van der Waals surface area contributed by atoms with Crippen LogP contribution in [-0.2, 0) is 6.42 Å². The second-order valence-electron chi connectivity index (χ2n) is 5.04. The Bertz CT molecular complexity index is 583. The highest BCUT2D eigenvalue weighted by Crippen LogP contribution is 2.33. The maximum absolute atomic E-state index is 6.12. The third-order valence-electron chi connectivity index (χ3n) is 3.25. The third kappa shape index (κ3) is 4.37. The maximum atomic E-state index is 6.12. The van der Waals surface area contributed by atoms with E-state index in [0.717, 1.165) is 17.3 Å². The topological polar surface area (TPSA) is 26.0 Å². The summed E-state index contributed by atoms with van der Waals surface area (Å²) < 4.78 is 1.12. The Morgan fingerprint density at radius 2 is 2.00 bits per heavy atom. The Morgan fingerprint density at radius 3 is 2.70 bits per heavy atom. The van der Waals surface area contributed by atoms with E-state index >= 15 is 0 Å². The number of benzene rings is 2. The molecule has 0 saturated heterocycles. The summed E-state index contributed by atoms with van der Waals surface area (Å²) in [5.74, 6) is 0. The standard InChI is InChI=1S/C17H20BrNS/c1-3-15(19)11-13-10-14(18)7-8-17(13)20-16-6-4-5-12(2)9-16/h4-10,15H,3,11,19H2,1-2H3. The fourth-order valence-corrected chi connectivity index (χ4v) is 3.50. The van der Waals surface area contributed by atoms with E-state index in [1.54, 1.807) is 0 Å². The quantitative estimate of drug-likeness (QED) is 0.803. The number of hydrogen-bond acceptors (Lipinski definition) is 2. The average Bonchev–Trinajstić information content (AvgIpc) is 2.42. The molecule has 2 rings (SSSR count). The lowest BCUT2D eigenvalue weighted by Gasteiger charge is -2.14. The van der Waals surface area contributed by atoms with Crippen LogP contribution in [0.4, 0.5) is 0 Å². The van der Waals surface area contributed by atoms with Gasteiger partial charge in [-0.15, -0.1) is 0 Å². The highest BCUT2D eigenvalue weighted by atomic mass is 79.9. The highest BCUT2D eigenvalue weighted by molar-refractivity contribution is 9.10. The van der Waals surface area contributed by atoms with Crippen LogP contribution in [0.3, 0.4) is 0 Å². The van der Waals surface area contributed by atoms with Gasteiger partial charge in [-0.3, -0.25) is 0 Å². The first-order valence-corrected chi connectivity index (χ1v) is 8.48. The number of rotatable bonds is 5. The molecule has 20 heavy (non-hydrogen) atoms. The van der Waals surface area contributed by atoms with Crippen molar-refractivity contribution in [1.29, 1.82) is 0 Å². The van der Waals surface area contributed by atoms with Gasteiger partial charge in [0.25, 0.3) is 0 Å². The van der Waals surface area contributed by atoms with Crippen LogP contribution in [0.1, 0.15) is 24.5 Å². The van der Waals surface area contributed by atoms with E-state index < -0.39 is 0 Å². The molecule has 0 amide bonds. The molecule has 1 unspecified atom stereocenters. The molecule has 2 aromatic rings. The Kier molecular flexibility index (Phi) is 5.70. The number of halogens is 1. The van der Waals surface area contributed by atoms with Crippen molar-refractivity contribution in [2.45, 2.75) is 42.5 Å². The number of nitrogens with two attached hydrogens (primary N) is 1. The molecule has 0 aliphatic heterocycles. The van der Waals surface area contributed by atoms with Gasteiger partial charge < -0.3 is 5.73 Å². The van der Waals surface area contributed by atoms with Crippen LogP contribution in [0.5, 0.6) is 0 Å². The molecule has 0 aliphatic carbocycles. The lowest BCUT2D eigenvalue weighted by atomic mass is 10.1. The Labute approximate surface area is 134 Å². The van der Waals surface area contributed by atoms with E-state index in [1.165, 1.54) is 20.9 Å². The lowest BCUT2D eigenvalue weighted by molar-refractivity contribution is 0.641. The fourth-order valence-electron chi connectivity index (χ4n) is 2.04.